The van der Waals surface area contributed by atoms with Crippen molar-refractivity contribution in [3.63, 3.8) is 0 Å². The number of hydrogen-bond donors (Lipinski definition) is 2. The number of carboxylic acids is 1. The summed E-state index contributed by atoms with van der Waals surface area (Å²) in [4.78, 5) is 30.0. The summed E-state index contributed by atoms with van der Waals surface area (Å²) in [6.45, 7) is 0.771. The molecule has 0 aliphatic carbocycles. The average molecular weight is 390 g/mol. The van der Waals surface area contributed by atoms with Crippen LogP contribution in [0, 0.1) is 11.2 Å². The van der Waals surface area contributed by atoms with Crippen LogP contribution in [0.3, 0.4) is 0 Å². The van der Waals surface area contributed by atoms with E-state index in [0.717, 1.165) is 0 Å². The molecule has 0 radical (unpaired) electrons. The first-order valence-electron chi connectivity index (χ1n) is 9.17. The first-order chi connectivity index (χ1) is 13.4. The van der Waals surface area contributed by atoms with E-state index in [9.17, 15) is 24.2 Å². The summed E-state index contributed by atoms with van der Waals surface area (Å²) >= 11 is 0. The minimum atomic E-state index is -1.52. The van der Waals surface area contributed by atoms with Crippen molar-refractivity contribution in [3.8, 4) is 0 Å². The molecule has 1 saturated heterocycles. The molecular weight excluding hydrogens is 367 g/mol. The highest BCUT2D eigenvalue weighted by atomic mass is 19.1. The van der Waals surface area contributed by atoms with Crippen LogP contribution in [0.5, 0.6) is 0 Å². The smallest absolute Gasteiger partial charge is 0.314 e. The van der Waals surface area contributed by atoms with Gasteiger partial charge in [0, 0.05) is 26.1 Å². The van der Waals surface area contributed by atoms with Gasteiger partial charge in [0.05, 0.1) is 6.10 Å². The van der Waals surface area contributed by atoms with Gasteiger partial charge in [0.25, 0.3) is 0 Å². The quantitative estimate of drug-likeness (QED) is 0.733. The lowest BCUT2D eigenvalue weighted by molar-refractivity contribution is -0.165. The number of carboxylic acid groups (broad SMARTS) is 1. The van der Waals surface area contributed by atoms with E-state index in [1.54, 1.807) is 11.0 Å². The van der Waals surface area contributed by atoms with Crippen molar-refractivity contribution in [2.75, 3.05) is 13.1 Å². The largest absolute Gasteiger partial charge is 0.481 e. The summed E-state index contributed by atoms with van der Waals surface area (Å²) in [5.74, 6) is -1.73. The summed E-state index contributed by atoms with van der Waals surface area (Å²) in [5, 5.41) is 24.4. The van der Waals surface area contributed by atoms with Gasteiger partial charge in [0.15, 0.2) is 0 Å². The van der Waals surface area contributed by atoms with Crippen LogP contribution in [-0.4, -0.2) is 60.9 Å². The van der Waals surface area contributed by atoms with E-state index in [-0.39, 0.29) is 31.7 Å². The molecule has 1 aromatic heterocycles. The third-order valence-electron chi connectivity index (χ3n) is 5.24. The highest BCUT2D eigenvalue weighted by Gasteiger charge is 2.50. The van der Waals surface area contributed by atoms with Crippen molar-refractivity contribution in [2.24, 2.45) is 5.41 Å². The Morgan fingerprint density at radius 2 is 2.04 bits per heavy atom. The van der Waals surface area contributed by atoms with Gasteiger partial charge in [-0.2, -0.15) is 5.10 Å². The number of nitrogens with zero attached hydrogens (tertiary/aromatic N) is 4. The molecular formula is C19H23FN4O4. The number of amides is 1. The zero-order valence-corrected chi connectivity index (χ0v) is 15.4. The number of aryl methyl sites for hydroxylation is 1. The number of aromatic nitrogens is 3. The molecule has 0 bridgehead atoms. The fourth-order valence-electron chi connectivity index (χ4n) is 3.62. The van der Waals surface area contributed by atoms with Gasteiger partial charge in [-0.25, -0.2) is 9.37 Å². The van der Waals surface area contributed by atoms with E-state index in [1.807, 2.05) is 0 Å². The first-order valence-corrected chi connectivity index (χ1v) is 9.17. The summed E-state index contributed by atoms with van der Waals surface area (Å²) in [6.07, 6.45) is 2.91. The second kappa shape index (κ2) is 8.47. The number of aliphatic hydroxyl groups is 1. The summed E-state index contributed by atoms with van der Waals surface area (Å²) in [5.41, 5.74) is -0.916. The molecule has 0 spiro atoms. The zero-order valence-electron chi connectivity index (χ0n) is 15.4. The van der Waals surface area contributed by atoms with Crippen LogP contribution in [0.2, 0.25) is 0 Å². The molecule has 1 aromatic carbocycles. The second-order valence-corrected chi connectivity index (χ2v) is 7.15. The molecule has 2 atom stereocenters. The van der Waals surface area contributed by atoms with Crippen LogP contribution >= 0.6 is 0 Å². The normalized spacial score (nSPS) is 22.2. The minimum absolute atomic E-state index is 0.0204. The van der Waals surface area contributed by atoms with Gasteiger partial charge in [-0.3, -0.25) is 14.3 Å². The third-order valence-corrected chi connectivity index (χ3v) is 5.24. The molecule has 3 rings (SSSR count). The molecule has 9 heteroatoms. The van der Waals surface area contributed by atoms with Crippen molar-refractivity contribution < 1.29 is 24.2 Å². The maximum Gasteiger partial charge on any atom is 0.314 e. The fraction of sp³-hybridized carbons (Fsp3) is 0.474. The monoisotopic (exact) mass is 390 g/mol. The molecule has 2 N–H and O–H groups in total. The molecule has 0 unspecified atom stereocenters. The highest BCUT2D eigenvalue weighted by Crippen LogP contribution is 2.35. The number of aliphatic carboxylic acids is 1. The summed E-state index contributed by atoms with van der Waals surface area (Å²) in [7, 11) is 0. The van der Waals surface area contributed by atoms with Gasteiger partial charge in [-0.1, -0.05) is 12.1 Å². The summed E-state index contributed by atoms with van der Waals surface area (Å²) in [6, 6.07) is 5.53. The van der Waals surface area contributed by atoms with Crippen molar-refractivity contribution in [3.05, 3.63) is 48.3 Å². The lowest BCUT2D eigenvalue weighted by Crippen LogP contribution is -2.58. The van der Waals surface area contributed by atoms with Crippen LogP contribution in [0.4, 0.5) is 4.39 Å². The van der Waals surface area contributed by atoms with Gasteiger partial charge >= 0.3 is 5.97 Å². The van der Waals surface area contributed by atoms with Crippen LogP contribution in [0.25, 0.3) is 0 Å². The molecule has 0 saturated carbocycles. The number of carbonyl (C=O) groups is 2. The van der Waals surface area contributed by atoms with Crippen LogP contribution in [0.15, 0.2) is 36.9 Å². The fourth-order valence-corrected chi connectivity index (χ4v) is 3.62. The topological polar surface area (TPSA) is 109 Å². The SMILES string of the molecule is O=C(CCCn1cncn1)N1CC[C@H](O)[C@](Cc2ccc(F)cc2)(C(=O)O)C1. The van der Waals surface area contributed by atoms with E-state index in [2.05, 4.69) is 10.1 Å². The summed E-state index contributed by atoms with van der Waals surface area (Å²) < 4.78 is 14.8. The Bertz CT molecular complexity index is 812. The highest BCUT2D eigenvalue weighted by molar-refractivity contribution is 5.80. The molecule has 150 valence electrons. The average Bonchev–Trinajstić information content (AvgIpc) is 3.18. The lowest BCUT2D eigenvalue weighted by Gasteiger charge is -2.43. The van der Waals surface area contributed by atoms with E-state index >= 15 is 0 Å². The number of likely N-dealkylation sites (tertiary alicyclic amines) is 1. The van der Waals surface area contributed by atoms with Crippen LogP contribution in [0.1, 0.15) is 24.8 Å². The van der Waals surface area contributed by atoms with Crippen molar-refractivity contribution in [1.82, 2.24) is 19.7 Å². The van der Waals surface area contributed by atoms with E-state index in [4.69, 9.17) is 0 Å². The number of carbonyl (C=O) groups excluding carboxylic acids is 1. The molecule has 1 aliphatic heterocycles. The van der Waals surface area contributed by atoms with Crippen LogP contribution in [-0.2, 0) is 22.6 Å². The molecule has 1 aliphatic rings. The number of hydrogen-bond acceptors (Lipinski definition) is 5. The van der Waals surface area contributed by atoms with E-state index < -0.39 is 23.3 Å². The number of halogens is 1. The van der Waals surface area contributed by atoms with Gasteiger partial charge in [0.2, 0.25) is 5.91 Å². The molecule has 2 heterocycles. The Hall–Kier alpha value is -2.81. The number of rotatable bonds is 7. The lowest BCUT2D eigenvalue weighted by atomic mass is 9.72. The van der Waals surface area contributed by atoms with Gasteiger partial charge in [-0.05, 0) is 37.0 Å². The van der Waals surface area contributed by atoms with Crippen molar-refractivity contribution in [1.29, 1.82) is 0 Å². The van der Waals surface area contributed by atoms with E-state index in [0.29, 0.717) is 25.1 Å². The predicted octanol–water partition coefficient (Wildman–Crippen LogP) is 1.10. The Morgan fingerprint density at radius 1 is 1.29 bits per heavy atom. The molecule has 1 fully saturated rings. The third kappa shape index (κ3) is 4.36. The number of piperidine rings is 1. The Balaban J connectivity index is 1.68. The standard InChI is InChI=1S/C19H23FN4O4/c20-15-5-3-14(4-6-15)10-19(18(27)28)11-23(9-7-16(19)25)17(26)2-1-8-24-13-21-12-22-24/h3-6,12-13,16,25H,1-2,7-11H2,(H,27,28)/t16-,19+/m0/s1. The minimum Gasteiger partial charge on any atom is -0.481 e. The number of benzene rings is 1. The predicted molar refractivity (Wildman–Crippen MR) is 96.6 cm³/mol. The van der Waals surface area contributed by atoms with Gasteiger partial charge < -0.3 is 15.1 Å². The van der Waals surface area contributed by atoms with Crippen LogP contribution < -0.4 is 0 Å². The Labute approximate surface area is 161 Å². The number of aliphatic hydroxyl groups excluding tert-OH is 1. The Morgan fingerprint density at radius 3 is 2.68 bits per heavy atom. The van der Waals surface area contributed by atoms with Crippen molar-refractivity contribution >= 4 is 11.9 Å². The maximum absolute atomic E-state index is 13.2. The zero-order chi connectivity index (χ0) is 20.1. The molecule has 1 amide bonds. The van der Waals surface area contributed by atoms with E-state index in [1.165, 1.54) is 35.5 Å². The second-order valence-electron chi connectivity index (χ2n) is 7.15. The first kappa shape index (κ1) is 19.9. The molecule has 28 heavy (non-hydrogen) atoms. The maximum atomic E-state index is 13.2. The van der Waals surface area contributed by atoms with Gasteiger partial charge in [0.1, 0.15) is 23.9 Å². The van der Waals surface area contributed by atoms with Gasteiger partial charge in [-0.15, -0.1) is 0 Å². The molecule has 8 nitrogen and oxygen atoms in total. The molecule has 2 aromatic rings. The van der Waals surface area contributed by atoms with Crippen molar-refractivity contribution in [2.45, 2.75) is 38.3 Å². The Kier molecular flexibility index (Phi) is 6.03.